The van der Waals surface area contributed by atoms with E-state index >= 15 is 0 Å². The molecule has 8 nitrogen and oxygen atoms in total. The zero-order valence-corrected chi connectivity index (χ0v) is 12.2. The van der Waals surface area contributed by atoms with Gasteiger partial charge in [-0.25, -0.2) is 0 Å². The highest BCUT2D eigenvalue weighted by Crippen LogP contribution is 2.21. The summed E-state index contributed by atoms with van der Waals surface area (Å²) in [6.07, 6.45) is 0.983. The number of ether oxygens (including phenoxy) is 1. The Hall–Kier alpha value is -1.51. The van der Waals surface area contributed by atoms with Gasteiger partial charge in [-0.2, -0.15) is 4.98 Å². The van der Waals surface area contributed by atoms with E-state index in [4.69, 9.17) is 9.26 Å². The molecule has 0 aromatic carbocycles. The van der Waals surface area contributed by atoms with Gasteiger partial charge in [0.15, 0.2) is 0 Å². The standard InChI is InChI=1S/C13H21N5O3/c1-2-3-18-4-5-20-10(8-18)12-16-13(21-17-12)9-6-15-11(19)7-14-9/h9-10,14H,2-8H2,1H3,(H,15,19). The van der Waals surface area contributed by atoms with Crippen molar-refractivity contribution in [1.82, 2.24) is 25.7 Å². The molecule has 3 heterocycles. The van der Waals surface area contributed by atoms with Crippen LogP contribution in [-0.2, 0) is 9.53 Å². The average Bonchev–Trinajstić information content (AvgIpc) is 2.98. The van der Waals surface area contributed by atoms with Crippen LogP contribution in [0.15, 0.2) is 4.52 Å². The number of nitrogens with one attached hydrogen (secondary N) is 2. The van der Waals surface area contributed by atoms with E-state index in [1.165, 1.54) is 0 Å². The molecule has 8 heteroatoms. The van der Waals surface area contributed by atoms with Crippen LogP contribution >= 0.6 is 0 Å². The minimum atomic E-state index is -0.138. The van der Waals surface area contributed by atoms with E-state index in [1.54, 1.807) is 0 Å². The molecule has 0 radical (unpaired) electrons. The third-order valence-corrected chi connectivity index (χ3v) is 3.75. The van der Waals surface area contributed by atoms with Gasteiger partial charge < -0.3 is 14.6 Å². The first kappa shape index (κ1) is 14.4. The molecule has 116 valence electrons. The summed E-state index contributed by atoms with van der Waals surface area (Å²) in [6.45, 7) is 6.39. The van der Waals surface area contributed by atoms with Gasteiger partial charge in [-0.05, 0) is 13.0 Å². The summed E-state index contributed by atoms with van der Waals surface area (Å²) in [5.41, 5.74) is 0. The summed E-state index contributed by atoms with van der Waals surface area (Å²) in [5.74, 6) is 1.07. The van der Waals surface area contributed by atoms with E-state index < -0.39 is 0 Å². The summed E-state index contributed by atoms with van der Waals surface area (Å²) in [4.78, 5) is 17.9. The summed E-state index contributed by atoms with van der Waals surface area (Å²) in [7, 11) is 0. The average molecular weight is 295 g/mol. The number of hydrogen-bond donors (Lipinski definition) is 2. The molecule has 2 unspecified atom stereocenters. The first-order valence-corrected chi connectivity index (χ1v) is 7.43. The van der Waals surface area contributed by atoms with E-state index in [-0.39, 0.29) is 24.6 Å². The summed E-state index contributed by atoms with van der Waals surface area (Å²) in [6, 6.07) is -0.126. The van der Waals surface area contributed by atoms with Crippen LogP contribution in [0.1, 0.15) is 37.2 Å². The monoisotopic (exact) mass is 295 g/mol. The molecule has 2 saturated heterocycles. The lowest BCUT2D eigenvalue weighted by molar-refractivity contribution is -0.121. The molecule has 1 aromatic rings. The predicted octanol–water partition coefficient (Wildman–Crippen LogP) is -0.387. The van der Waals surface area contributed by atoms with Gasteiger partial charge in [-0.1, -0.05) is 12.1 Å². The minimum absolute atomic E-state index is 0.0168. The van der Waals surface area contributed by atoms with Crippen molar-refractivity contribution in [3.63, 3.8) is 0 Å². The molecule has 21 heavy (non-hydrogen) atoms. The first-order valence-electron chi connectivity index (χ1n) is 7.43. The highest BCUT2D eigenvalue weighted by atomic mass is 16.5. The number of morpholine rings is 1. The summed E-state index contributed by atoms with van der Waals surface area (Å²) < 4.78 is 11.1. The van der Waals surface area contributed by atoms with Crippen molar-refractivity contribution in [1.29, 1.82) is 0 Å². The number of aromatic nitrogens is 2. The van der Waals surface area contributed by atoms with E-state index in [0.717, 1.165) is 26.1 Å². The molecule has 1 aromatic heterocycles. The van der Waals surface area contributed by atoms with Crippen LogP contribution in [0, 0.1) is 0 Å². The van der Waals surface area contributed by atoms with Crippen LogP contribution in [0.4, 0.5) is 0 Å². The van der Waals surface area contributed by atoms with Gasteiger partial charge in [0, 0.05) is 19.6 Å². The topological polar surface area (TPSA) is 92.5 Å². The third-order valence-electron chi connectivity index (χ3n) is 3.75. The Morgan fingerprint density at radius 1 is 1.48 bits per heavy atom. The SMILES string of the molecule is CCCN1CCOC(c2noc(C3CNC(=O)CN3)n2)C1. The van der Waals surface area contributed by atoms with E-state index in [9.17, 15) is 4.79 Å². The Morgan fingerprint density at radius 2 is 2.38 bits per heavy atom. The lowest BCUT2D eigenvalue weighted by atomic mass is 10.2. The van der Waals surface area contributed by atoms with Crippen LogP contribution < -0.4 is 10.6 Å². The Bertz CT molecular complexity index is 480. The van der Waals surface area contributed by atoms with Gasteiger partial charge in [0.1, 0.15) is 12.1 Å². The van der Waals surface area contributed by atoms with Crippen molar-refractivity contribution in [3.05, 3.63) is 11.7 Å². The molecule has 2 fully saturated rings. The maximum Gasteiger partial charge on any atom is 0.245 e. The number of carbonyl (C=O) groups is 1. The molecular formula is C13H21N5O3. The van der Waals surface area contributed by atoms with Gasteiger partial charge in [-0.15, -0.1) is 0 Å². The fraction of sp³-hybridized carbons (Fsp3) is 0.769. The number of hydrogen-bond acceptors (Lipinski definition) is 7. The Balaban J connectivity index is 1.63. The molecule has 0 aliphatic carbocycles. The van der Waals surface area contributed by atoms with Crippen molar-refractivity contribution >= 4 is 5.91 Å². The van der Waals surface area contributed by atoms with Gasteiger partial charge in [0.2, 0.25) is 17.6 Å². The quantitative estimate of drug-likeness (QED) is 0.781. The normalized spacial score (nSPS) is 27.6. The predicted molar refractivity (Wildman–Crippen MR) is 73.5 cm³/mol. The Labute approximate surface area is 123 Å². The van der Waals surface area contributed by atoms with Crippen molar-refractivity contribution in [2.24, 2.45) is 0 Å². The van der Waals surface area contributed by atoms with Gasteiger partial charge in [0.25, 0.3) is 0 Å². The smallest absolute Gasteiger partial charge is 0.245 e. The largest absolute Gasteiger partial charge is 0.367 e. The van der Waals surface area contributed by atoms with Gasteiger partial charge in [0.05, 0.1) is 13.2 Å². The number of nitrogens with zero attached hydrogens (tertiary/aromatic N) is 3. The van der Waals surface area contributed by atoms with Crippen molar-refractivity contribution in [3.8, 4) is 0 Å². The summed E-state index contributed by atoms with van der Waals surface area (Å²) >= 11 is 0. The second-order valence-corrected chi connectivity index (χ2v) is 5.39. The maximum atomic E-state index is 11.1. The molecule has 3 rings (SSSR count). The van der Waals surface area contributed by atoms with Crippen molar-refractivity contribution < 1.29 is 14.1 Å². The number of carbonyl (C=O) groups excluding carboxylic acids is 1. The Morgan fingerprint density at radius 3 is 3.14 bits per heavy atom. The number of piperazine rings is 1. The maximum absolute atomic E-state index is 11.1. The number of rotatable bonds is 4. The molecule has 2 atom stereocenters. The van der Waals surface area contributed by atoms with Crippen LogP contribution in [0.3, 0.4) is 0 Å². The highest BCUT2D eigenvalue weighted by Gasteiger charge is 2.29. The molecule has 0 saturated carbocycles. The van der Waals surface area contributed by atoms with E-state index in [1.807, 2.05) is 0 Å². The highest BCUT2D eigenvalue weighted by molar-refractivity contribution is 5.78. The number of amides is 1. The van der Waals surface area contributed by atoms with Crippen LogP contribution in [-0.4, -0.2) is 60.3 Å². The summed E-state index contributed by atoms with van der Waals surface area (Å²) in [5, 5.41) is 9.88. The molecule has 0 bridgehead atoms. The van der Waals surface area contributed by atoms with Crippen molar-refractivity contribution in [2.75, 3.05) is 39.3 Å². The van der Waals surface area contributed by atoms with Gasteiger partial charge >= 0.3 is 0 Å². The lowest BCUT2D eigenvalue weighted by Crippen LogP contribution is -2.47. The second kappa shape index (κ2) is 6.50. The third kappa shape index (κ3) is 3.39. The molecule has 1 amide bonds. The van der Waals surface area contributed by atoms with Gasteiger partial charge in [-0.3, -0.25) is 15.0 Å². The lowest BCUT2D eigenvalue weighted by Gasteiger charge is -2.30. The molecule has 2 aliphatic rings. The van der Waals surface area contributed by atoms with Crippen molar-refractivity contribution in [2.45, 2.75) is 25.5 Å². The molecule has 2 aliphatic heterocycles. The Kier molecular flexibility index (Phi) is 4.47. The zero-order valence-electron chi connectivity index (χ0n) is 12.2. The molecule has 0 spiro atoms. The van der Waals surface area contributed by atoms with Crippen LogP contribution in [0.25, 0.3) is 0 Å². The molecule has 2 N–H and O–H groups in total. The fourth-order valence-corrected chi connectivity index (χ4v) is 2.64. The first-order chi connectivity index (χ1) is 10.3. The zero-order chi connectivity index (χ0) is 14.7. The van der Waals surface area contributed by atoms with Crippen LogP contribution in [0.5, 0.6) is 0 Å². The van der Waals surface area contributed by atoms with E-state index in [0.29, 0.717) is 24.9 Å². The fourth-order valence-electron chi connectivity index (χ4n) is 2.64. The second-order valence-electron chi connectivity index (χ2n) is 5.39. The van der Waals surface area contributed by atoms with E-state index in [2.05, 4.69) is 32.6 Å². The molecular weight excluding hydrogens is 274 g/mol. The van der Waals surface area contributed by atoms with Crippen LogP contribution in [0.2, 0.25) is 0 Å². The minimum Gasteiger partial charge on any atom is -0.367 e.